The van der Waals surface area contributed by atoms with E-state index in [1.807, 2.05) is 54.6 Å². The lowest BCUT2D eigenvalue weighted by Gasteiger charge is -2.01. The molecule has 0 aliphatic rings. The normalized spacial score (nSPS) is 9.96. The van der Waals surface area contributed by atoms with Gasteiger partial charge in [-0.25, -0.2) is 0 Å². The van der Waals surface area contributed by atoms with Crippen LogP contribution in [0.2, 0.25) is 19.6 Å². The summed E-state index contributed by atoms with van der Waals surface area (Å²) in [7, 11) is -1.35. The van der Waals surface area contributed by atoms with Gasteiger partial charge in [0.15, 0.2) is 0 Å². The Bertz CT molecular complexity index is 886. The highest BCUT2D eigenvalue weighted by atomic mass is 28.3. The van der Waals surface area contributed by atoms with Gasteiger partial charge in [-0.1, -0.05) is 43.8 Å². The van der Waals surface area contributed by atoms with Crippen LogP contribution in [-0.4, -0.2) is 8.07 Å². The van der Waals surface area contributed by atoms with Gasteiger partial charge in [-0.15, -0.1) is 5.54 Å². The molecule has 0 spiro atoms. The Morgan fingerprint density at radius 1 is 0.667 bits per heavy atom. The quantitative estimate of drug-likeness (QED) is 0.404. The Hall–Kier alpha value is -3.06. The minimum atomic E-state index is -1.35. The summed E-state index contributed by atoms with van der Waals surface area (Å²) in [6.07, 6.45) is 0. The van der Waals surface area contributed by atoms with Gasteiger partial charge in [0, 0.05) is 5.56 Å². The molecule has 0 aromatic heterocycles. The van der Waals surface area contributed by atoms with Crippen molar-refractivity contribution in [3.05, 3.63) is 60.2 Å². The summed E-state index contributed by atoms with van der Waals surface area (Å²) >= 11 is 0. The summed E-state index contributed by atoms with van der Waals surface area (Å²) < 4.78 is 0. The molecule has 2 aromatic carbocycles. The van der Waals surface area contributed by atoms with Crippen molar-refractivity contribution in [1.82, 2.24) is 0 Å². The molecular formula is C21H18N2Si. The SMILES string of the molecule is C[Si](C)(C)C#CC#CC#Cc1ccc(N=Nc2ccccc2)cc1. The summed E-state index contributed by atoms with van der Waals surface area (Å²) in [6.45, 7) is 6.55. The summed E-state index contributed by atoms with van der Waals surface area (Å²) in [4.78, 5) is 0. The van der Waals surface area contributed by atoms with Crippen LogP contribution in [0.5, 0.6) is 0 Å². The van der Waals surface area contributed by atoms with Gasteiger partial charge in [0.2, 0.25) is 0 Å². The molecule has 0 fully saturated rings. The van der Waals surface area contributed by atoms with Crippen molar-refractivity contribution in [3.63, 3.8) is 0 Å². The van der Waals surface area contributed by atoms with E-state index in [1.54, 1.807) is 0 Å². The van der Waals surface area contributed by atoms with Crippen LogP contribution in [0, 0.1) is 35.1 Å². The van der Waals surface area contributed by atoms with Crippen LogP contribution in [0.3, 0.4) is 0 Å². The lowest BCUT2D eigenvalue weighted by molar-refractivity contribution is 1.23. The largest absolute Gasteiger partial charge is 0.151 e. The number of azo groups is 1. The second-order valence-electron chi connectivity index (χ2n) is 6.08. The molecule has 0 atom stereocenters. The third-order valence-corrected chi connectivity index (χ3v) is 3.61. The Morgan fingerprint density at radius 2 is 1.25 bits per heavy atom. The maximum atomic E-state index is 4.20. The van der Waals surface area contributed by atoms with Crippen LogP contribution in [0.4, 0.5) is 11.4 Å². The Balaban J connectivity index is 1.98. The molecule has 0 saturated carbocycles. The number of nitrogens with zero attached hydrogens (tertiary/aromatic N) is 2. The average molecular weight is 326 g/mol. The van der Waals surface area contributed by atoms with Gasteiger partial charge in [-0.2, -0.15) is 10.2 Å². The zero-order chi connectivity index (χ0) is 17.3. The van der Waals surface area contributed by atoms with Gasteiger partial charge >= 0.3 is 0 Å². The van der Waals surface area contributed by atoms with Crippen molar-refractivity contribution < 1.29 is 0 Å². The van der Waals surface area contributed by atoms with Crippen LogP contribution in [0.1, 0.15) is 5.56 Å². The van der Waals surface area contributed by atoms with Crippen LogP contribution >= 0.6 is 0 Å². The average Bonchev–Trinajstić information content (AvgIpc) is 2.57. The van der Waals surface area contributed by atoms with Crippen molar-refractivity contribution in [1.29, 1.82) is 0 Å². The Morgan fingerprint density at radius 3 is 1.88 bits per heavy atom. The smallest absolute Gasteiger partial charge is 0.130 e. The van der Waals surface area contributed by atoms with E-state index in [4.69, 9.17) is 0 Å². The molecule has 116 valence electrons. The molecule has 0 heterocycles. The second-order valence-corrected chi connectivity index (χ2v) is 10.8. The van der Waals surface area contributed by atoms with Crippen molar-refractivity contribution in [2.75, 3.05) is 0 Å². The van der Waals surface area contributed by atoms with Crippen LogP contribution < -0.4 is 0 Å². The fourth-order valence-electron chi connectivity index (χ4n) is 1.61. The molecule has 24 heavy (non-hydrogen) atoms. The van der Waals surface area contributed by atoms with Crippen molar-refractivity contribution in [3.8, 4) is 35.1 Å². The standard InChI is InChI=1S/C21H18N2Si/c1-24(2,3)18-10-5-4-7-11-19-14-16-21(17-15-19)23-22-20-12-8-6-9-13-20/h6,8-9,12-17H,1-3H3. The first-order chi connectivity index (χ1) is 11.5. The zero-order valence-electron chi connectivity index (χ0n) is 14.1. The molecule has 2 nitrogen and oxygen atoms in total. The third-order valence-electron chi connectivity index (χ3n) is 2.74. The minimum absolute atomic E-state index is 0.788. The molecule has 0 aliphatic carbocycles. The van der Waals surface area contributed by atoms with Gasteiger partial charge in [0.25, 0.3) is 0 Å². The molecule has 0 bridgehead atoms. The summed E-state index contributed by atoms with van der Waals surface area (Å²) in [6, 6.07) is 17.2. The molecule has 0 aliphatic heterocycles. The maximum absolute atomic E-state index is 4.20. The lowest BCUT2D eigenvalue weighted by atomic mass is 10.2. The van der Waals surface area contributed by atoms with E-state index in [2.05, 4.69) is 65.0 Å². The molecular weight excluding hydrogens is 308 g/mol. The van der Waals surface area contributed by atoms with Crippen LogP contribution in [0.15, 0.2) is 64.8 Å². The highest BCUT2D eigenvalue weighted by molar-refractivity contribution is 6.83. The molecule has 0 unspecified atom stereocenters. The maximum Gasteiger partial charge on any atom is 0.130 e. The van der Waals surface area contributed by atoms with E-state index in [0.717, 1.165) is 16.9 Å². The topological polar surface area (TPSA) is 24.7 Å². The number of hydrogen-bond acceptors (Lipinski definition) is 2. The highest BCUT2D eigenvalue weighted by Gasteiger charge is 2.06. The number of benzene rings is 2. The van der Waals surface area contributed by atoms with Gasteiger partial charge in [0.05, 0.1) is 11.4 Å². The molecule has 0 N–H and O–H groups in total. The summed E-state index contributed by atoms with van der Waals surface area (Å²) in [5.41, 5.74) is 5.69. The van der Waals surface area contributed by atoms with Crippen molar-refractivity contribution in [2.45, 2.75) is 19.6 Å². The summed E-state index contributed by atoms with van der Waals surface area (Å²) in [5, 5.41) is 8.37. The van der Waals surface area contributed by atoms with Crippen LogP contribution in [-0.2, 0) is 0 Å². The predicted octanol–water partition coefficient (Wildman–Crippen LogP) is 5.34. The summed E-state index contributed by atoms with van der Waals surface area (Å²) in [5.74, 6) is 14.2. The first-order valence-electron chi connectivity index (χ1n) is 7.63. The molecule has 2 aromatic rings. The number of rotatable bonds is 2. The fraction of sp³-hybridized carbons (Fsp3) is 0.143. The number of hydrogen-bond donors (Lipinski definition) is 0. The van der Waals surface area contributed by atoms with E-state index >= 15 is 0 Å². The molecule has 3 heteroatoms. The van der Waals surface area contributed by atoms with E-state index in [0.29, 0.717) is 0 Å². The van der Waals surface area contributed by atoms with Gasteiger partial charge in [-0.05, 0) is 60.1 Å². The lowest BCUT2D eigenvalue weighted by Crippen LogP contribution is -2.16. The molecule has 0 saturated heterocycles. The van der Waals surface area contributed by atoms with E-state index in [9.17, 15) is 0 Å². The van der Waals surface area contributed by atoms with E-state index in [-0.39, 0.29) is 0 Å². The van der Waals surface area contributed by atoms with Gasteiger partial charge < -0.3 is 0 Å². The van der Waals surface area contributed by atoms with Crippen molar-refractivity contribution in [2.24, 2.45) is 10.2 Å². The van der Waals surface area contributed by atoms with Crippen molar-refractivity contribution >= 4 is 19.4 Å². The zero-order valence-corrected chi connectivity index (χ0v) is 15.1. The monoisotopic (exact) mass is 326 g/mol. The van der Waals surface area contributed by atoms with Gasteiger partial charge in [0.1, 0.15) is 8.07 Å². The van der Waals surface area contributed by atoms with E-state index in [1.165, 1.54) is 0 Å². The highest BCUT2D eigenvalue weighted by Crippen LogP contribution is 2.17. The first-order valence-corrected chi connectivity index (χ1v) is 11.1. The minimum Gasteiger partial charge on any atom is -0.151 e. The molecule has 0 radical (unpaired) electrons. The van der Waals surface area contributed by atoms with Gasteiger partial charge in [-0.3, -0.25) is 0 Å². The van der Waals surface area contributed by atoms with Crippen LogP contribution in [0.25, 0.3) is 0 Å². The molecule has 0 amide bonds. The fourth-order valence-corrected chi connectivity index (χ4v) is 2.04. The molecule has 2 rings (SSSR count). The Labute approximate surface area is 145 Å². The predicted molar refractivity (Wildman–Crippen MR) is 103 cm³/mol. The third kappa shape index (κ3) is 6.80. The Kier molecular flexibility index (Phi) is 6.15. The van der Waals surface area contributed by atoms with E-state index < -0.39 is 8.07 Å². The first kappa shape index (κ1) is 17.3. The second kappa shape index (κ2) is 8.54.